The van der Waals surface area contributed by atoms with E-state index in [4.69, 9.17) is 16.3 Å². The predicted octanol–water partition coefficient (Wildman–Crippen LogP) is 3.27. The quantitative estimate of drug-likeness (QED) is 0.726. The van der Waals surface area contributed by atoms with E-state index in [1.807, 2.05) is 6.92 Å². The standard InChI is InChI=1S/C12H20ClNOS/c1-3-5-14-6-8-15-7-4-11-9-10(2)12(13)16-11/h9,14H,3-8H2,1-2H3. The molecule has 0 unspecified atom stereocenters. The molecule has 0 fully saturated rings. The molecule has 1 aromatic rings. The number of hydrogen-bond acceptors (Lipinski definition) is 3. The highest BCUT2D eigenvalue weighted by atomic mass is 35.5. The highest BCUT2D eigenvalue weighted by molar-refractivity contribution is 7.16. The first kappa shape index (κ1) is 14.0. The van der Waals surface area contributed by atoms with Gasteiger partial charge in [0.15, 0.2) is 0 Å². The third-order valence-electron chi connectivity index (χ3n) is 2.25. The van der Waals surface area contributed by atoms with Crippen LogP contribution in [0, 0.1) is 6.92 Å². The summed E-state index contributed by atoms with van der Waals surface area (Å²) in [6, 6.07) is 2.14. The third kappa shape index (κ3) is 5.30. The molecule has 0 aromatic carbocycles. The molecule has 0 saturated carbocycles. The highest BCUT2D eigenvalue weighted by Gasteiger charge is 2.02. The Morgan fingerprint density at radius 3 is 2.81 bits per heavy atom. The summed E-state index contributed by atoms with van der Waals surface area (Å²) >= 11 is 7.65. The van der Waals surface area contributed by atoms with Crippen molar-refractivity contribution in [2.24, 2.45) is 0 Å². The molecule has 0 saturated heterocycles. The summed E-state index contributed by atoms with van der Waals surface area (Å²) in [6.07, 6.45) is 2.14. The summed E-state index contributed by atoms with van der Waals surface area (Å²) < 4.78 is 6.44. The van der Waals surface area contributed by atoms with E-state index in [-0.39, 0.29) is 0 Å². The lowest BCUT2D eigenvalue weighted by Crippen LogP contribution is -2.20. The zero-order valence-corrected chi connectivity index (χ0v) is 11.6. The average molecular weight is 262 g/mol. The zero-order valence-electron chi connectivity index (χ0n) is 10.0. The second-order valence-corrected chi connectivity index (χ2v) is 5.52. The summed E-state index contributed by atoms with van der Waals surface area (Å²) in [7, 11) is 0. The van der Waals surface area contributed by atoms with Gasteiger partial charge in [-0.25, -0.2) is 0 Å². The molecule has 0 amide bonds. The van der Waals surface area contributed by atoms with Gasteiger partial charge < -0.3 is 10.1 Å². The normalized spacial score (nSPS) is 10.9. The van der Waals surface area contributed by atoms with Crippen LogP contribution in [0.3, 0.4) is 0 Å². The Morgan fingerprint density at radius 1 is 1.38 bits per heavy atom. The molecule has 0 atom stereocenters. The van der Waals surface area contributed by atoms with Crippen molar-refractivity contribution in [2.75, 3.05) is 26.3 Å². The summed E-state index contributed by atoms with van der Waals surface area (Å²) in [4.78, 5) is 1.31. The van der Waals surface area contributed by atoms with Crippen LogP contribution in [0.25, 0.3) is 0 Å². The number of rotatable bonds is 8. The van der Waals surface area contributed by atoms with Gasteiger partial charge >= 0.3 is 0 Å². The smallest absolute Gasteiger partial charge is 0.0960 e. The molecule has 0 spiro atoms. The molecule has 1 heterocycles. The number of ether oxygens (including phenoxy) is 1. The minimum Gasteiger partial charge on any atom is -0.380 e. The van der Waals surface area contributed by atoms with E-state index >= 15 is 0 Å². The fourth-order valence-electron chi connectivity index (χ4n) is 1.37. The van der Waals surface area contributed by atoms with Crippen LogP contribution < -0.4 is 5.32 Å². The Bertz CT molecular complexity index is 282. The number of halogens is 1. The van der Waals surface area contributed by atoms with Gasteiger partial charge in [0, 0.05) is 17.8 Å². The molecule has 0 aliphatic rings. The van der Waals surface area contributed by atoms with Crippen LogP contribution in [0.15, 0.2) is 6.07 Å². The van der Waals surface area contributed by atoms with E-state index in [1.54, 1.807) is 11.3 Å². The number of thiophene rings is 1. The Kier molecular flexibility index (Phi) is 7.05. The van der Waals surface area contributed by atoms with Crippen molar-refractivity contribution in [1.82, 2.24) is 5.32 Å². The maximum atomic E-state index is 5.99. The van der Waals surface area contributed by atoms with Crippen molar-refractivity contribution in [3.63, 3.8) is 0 Å². The lowest BCUT2D eigenvalue weighted by atomic mass is 10.3. The van der Waals surface area contributed by atoms with Gasteiger partial charge in [0.25, 0.3) is 0 Å². The monoisotopic (exact) mass is 261 g/mol. The first-order valence-corrected chi connectivity index (χ1v) is 6.96. The summed E-state index contributed by atoms with van der Waals surface area (Å²) in [5.41, 5.74) is 1.17. The maximum absolute atomic E-state index is 5.99. The topological polar surface area (TPSA) is 21.3 Å². The van der Waals surface area contributed by atoms with E-state index < -0.39 is 0 Å². The van der Waals surface area contributed by atoms with Crippen LogP contribution in [-0.2, 0) is 11.2 Å². The summed E-state index contributed by atoms with van der Waals surface area (Å²) in [5, 5.41) is 3.30. The van der Waals surface area contributed by atoms with E-state index in [0.717, 1.165) is 37.1 Å². The third-order valence-corrected chi connectivity index (χ3v) is 3.87. The molecule has 1 aromatic heterocycles. The first-order chi connectivity index (χ1) is 7.74. The fraction of sp³-hybridized carbons (Fsp3) is 0.667. The molecule has 0 radical (unpaired) electrons. The van der Waals surface area contributed by atoms with Crippen LogP contribution >= 0.6 is 22.9 Å². The van der Waals surface area contributed by atoms with E-state index in [1.165, 1.54) is 16.9 Å². The van der Waals surface area contributed by atoms with Crippen molar-refractivity contribution < 1.29 is 4.74 Å². The van der Waals surface area contributed by atoms with Crippen LogP contribution in [-0.4, -0.2) is 26.3 Å². The highest BCUT2D eigenvalue weighted by Crippen LogP contribution is 2.26. The van der Waals surface area contributed by atoms with Gasteiger partial charge in [0.05, 0.1) is 17.6 Å². The molecule has 0 aliphatic carbocycles. The van der Waals surface area contributed by atoms with Crippen molar-refractivity contribution >= 4 is 22.9 Å². The minimum absolute atomic E-state index is 0.782. The van der Waals surface area contributed by atoms with Crippen LogP contribution in [0.2, 0.25) is 4.34 Å². The van der Waals surface area contributed by atoms with Crippen molar-refractivity contribution in [1.29, 1.82) is 0 Å². The molecule has 4 heteroatoms. The fourth-order valence-corrected chi connectivity index (χ4v) is 2.59. The Balaban J connectivity index is 2.03. The van der Waals surface area contributed by atoms with Crippen molar-refractivity contribution in [3.05, 3.63) is 20.8 Å². The zero-order chi connectivity index (χ0) is 11.8. The number of nitrogens with one attached hydrogen (secondary N) is 1. The summed E-state index contributed by atoms with van der Waals surface area (Å²) in [5.74, 6) is 0. The predicted molar refractivity (Wildman–Crippen MR) is 71.7 cm³/mol. The molecule has 0 bridgehead atoms. The molecule has 16 heavy (non-hydrogen) atoms. The van der Waals surface area contributed by atoms with Gasteiger partial charge in [-0.1, -0.05) is 18.5 Å². The molecular formula is C12H20ClNOS. The number of aryl methyl sites for hydroxylation is 1. The molecule has 2 nitrogen and oxygen atoms in total. The molecular weight excluding hydrogens is 242 g/mol. The van der Waals surface area contributed by atoms with Gasteiger partial charge in [-0.2, -0.15) is 0 Å². The lowest BCUT2D eigenvalue weighted by molar-refractivity contribution is 0.139. The van der Waals surface area contributed by atoms with Crippen LogP contribution in [0.4, 0.5) is 0 Å². The Hall–Kier alpha value is -0.0900. The Morgan fingerprint density at radius 2 is 2.19 bits per heavy atom. The lowest BCUT2D eigenvalue weighted by Gasteiger charge is -2.04. The van der Waals surface area contributed by atoms with E-state index in [9.17, 15) is 0 Å². The van der Waals surface area contributed by atoms with Gasteiger partial charge in [0.2, 0.25) is 0 Å². The van der Waals surface area contributed by atoms with Crippen molar-refractivity contribution in [2.45, 2.75) is 26.7 Å². The number of hydrogen-bond donors (Lipinski definition) is 1. The van der Waals surface area contributed by atoms with Gasteiger partial charge in [-0.15, -0.1) is 11.3 Å². The van der Waals surface area contributed by atoms with Gasteiger partial charge in [0.1, 0.15) is 0 Å². The second-order valence-electron chi connectivity index (χ2n) is 3.78. The largest absolute Gasteiger partial charge is 0.380 e. The SMILES string of the molecule is CCCNCCOCCc1cc(C)c(Cl)s1. The Labute approximate surface area is 107 Å². The van der Waals surface area contributed by atoms with E-state index in [2.05, 4.69) is 18.3 Å². The van der Waals surface area contributed by atoms with Gasteiger partial charge in [-0.05, 0) is 31.5 Å². The van der Waals surface area contributed by atoms with Crippen molar-refractivity contribution in [3.8, 4) is 0 Å². The van der Waals surface area contributed by atoms with Crippen LogP contribution in [0.1, 0.15) is 23.8 Å². The maximum Gasteiger partial charge on any atom is 0.0960 e. The molecule has 1 rings (SSSR count). The van der Waals surface area contributed by atoms with Gasteiger partial charge in [-0.3, -0.25) is 0 Å². The van der Waals surface area contributed by atoms with E-state index in [0.29, 0.717) is 0 Å². The average Bonchev–Trinajstić information content (AvgIpc) is 2.57. The first-order valence-electron chi connectivity index (χ1n) is 5.77. The molecule has 92 valence electrons. The molecule has 0 aliphatic heterocycles. The summed E-state index contributed by atoms with van der Waals surface area (Å²) in [6.45, 7) is 7.79. The van der Waals surface area contributed by atoms with Crippen LogP contribution in [0.5, 0.6) is 0 Å². The second kappa shape index (κ2) is 8.07. The minimum atomic E-state index is 0.782. The molecule has 1 N–H and O–H groups in total.